The lowest BCUT2D eigenvalue weighted by Crippen LogP contribution is -2.15. The van der Waals surface area contributed by atoms with E-state index in [0.29, 0.717) is 0 Å². The van der Waals surface area contributed by atoms with E-state index in [9.17, 15) is 0 Å². The molecule has 0 unspecified atom stereocenters. The molecule has 0 N–H and O–H groups in total. The van der Waals surface area contributed by atoms with Crippen LogP contribution in [0.15, 0.2) is 152 Å². The Labute approximate surface area is 361 Å². The normalized spacial score (nSPS) is 10.5. The number of benzene rings is 2. The van der Waals surface area contributed by atoms with Crippen molar-refractivity contribution in [2.24, 2.45) is 14.1 Å². The van der Waals surface area contributed by atoms with E-state index in [1.54, 1.807) is 12.4 Å². The number of imidazole rings is 2. The van der Waals surface area contributed by atoms with Crippen LogP contribution in [-0.4, -0.2) is 82.0 Å². The highest BCUT2D eigenvalue weighted by atomic mass is 15.1. The molecule has 11 heteroatoms. The zero-order chi connectivity index (χ0) is 40.4. The maximum atomic E-state index is 4.86. The molecular weight excluding hydrogens is 755 g/mol. The summed E-state index contributed by atoms with van der Waals surface area (Å²) in [6, 6.07) is 45.9. The lowest BCUT2D eigenvalue weighted by Gasteiger charge is -2.12. The number of hydrogen-bond donors (Lipinski definition) is 0. The monoisotopic (exact) mass is 813 g/mol. The average molecular weight is 814 g/mol. The summed E-state index contributed by atoms with van der Waals surface area (Å²) in [5.74, 6) is 1.71. The van der Waals surface area contributed by atoms with Crippen LogP contribution in [0.4, 0.5) is 0 Å². The number of aromatic nitrogens is 9. The van der Waals surface area contributed by atoms with Crippen LogP contribution < -0.4 is 0 Å². The molecule has 0 saturated carbocycles. The van der Waals surface area contributed by atoms with E-state index < -0.39 is 0 Å². The van der Waals surface area contributed by atoms with Crippen molar-refractivity contribution in [2.75, 3.05) is 28.2 Å². The van der Waals surface area contributed by atoms with Crippen molar-refractivity contribution in [3.8, 4) is 45.8 Å². The molecule has 0 amide bonds. The van der Waals surface area contributed by atoms with E-state index in [1.165, 1.54) is 0 Å². The molecule has 7 heterocycles. The van der Waals surface area contributed by atoms with Crippen LogP contribution in [0.1, 0.15) is 33.7 Å². The van der Waals surface area contributed by atoms with Gasteiger partial charge in [-0.05, 0) is 113 Å². The zero-order valence-corrected chi connectivity index (χ0v) is 33.8. The second-order valence-electron chi connectivity index (χ2n) is 14.3. The fourth-order valence-electron chi connectivity index (χ4n) is 6.53. The van der Waals surface area contributed by atoms with Gasteiger partial charge in [-0.3, -0.25) is 15.0 Å². The van der Waals surface area contributed by atoms with Crippen molar-refractivity contribution in [2.45, 2.75) is 35.4 Å². The molecule has 11 nitrogen and oxygen atoms in total. The van der Waals surface area contributed by atoms with Gasteiger partial charge in [0.05, 0.1) is 56.2 Å². The van der Waals surface area contributed by atoms with Gasteiger partial charge in [0.1, 0.15) is 11.4 Å². The number of aryl methyl sites for hydroxylation is 2. The molecule has 0 saturated heterocycles. The molecule has 0 atom stereocenters. The number of fused-ring (bicyclic) bond motifs is 2. The van der Waals surface area contributed by atoms with Gasteiger partial charge < -0.3 is 18.9 Å². The van der Waals surface area contributed by atoms with Crippen molar-refractivity contribution in [3.63, 3.8) is 0 Å². The third-order valence-corrected chi connectivity index (χ3v) is 9.21. The van der Waals surface area contributed by atoms with E-state index in [1.807, 2.05) is 123 Å². The molecule has 0 fully saturated rings. The highest BCUT2D eigenvalue weighted by Gasteiger charge is 2.15. The Kier molecular flexibility index (Phi) is 16.8. The summed E-state index contributed by atoms with van der Waals surface area (Å²) in [6.45, 7) is 1.81. The Hall–Kier alpha value is -6.95. The number of nitrogens with zero attached hydrogens (tertiary/aromatic N) is 11. The first-order chi connectivity index (χ1) is 28.2. The minimum Gasteiger partial charge on any atom is -0.326 e. The Morgan fingerprint density at radius 3 is 1.13 bits per heavy atom. The van der Waals surface area contributed by atoms with Gasteiger partial charge in [-0.15, -0.1) is 0 Å². The van der Waals surface area contributed by atoms with Crippen LogP contribution in [0.25, 0.3) is 67.9 Å². The van der Waals surface area contributed by atoms with Gasteiger partial charge in [0, 0.05) is 39.6 Å². The first kappa shape index (κ1) is 46.7. The van der Waals surface area contributed by atoms with Gasteiger partial charge in [0.15, 0.2) is 11.6 Å². The van der Waals surface area contributed by atoms with Crippen molar-refractivity contribution >= 4 is 22.1 Å². The van der Waals surface area contributed by atoms with E-state index in [0.717, 1.165) is 92.4 Å². The van der Waals surface area contributed by atoms with Gasteiger partial charge >= 0.3 is 0 Å². The summed E-state index contributed by atoms with van der Waals surface area (Å²) < 4.78 is 4.16. The molecule has 0 bridgehead atoms. The second-order valence-corrected chi connectivity index (χ2v) is 14.3. The van der Waals surface area contributed by atoms with E-state index in [-0.39, 0.29) is 22.3 Å². The average Bonchev–Trinajstić information content (AvgIpc) is 3.78. The van der Waals surface area contributed by atoms with Crippen LogP contribution >= 0.6 is 0 Å². The zero-order valence-electron chi connectivity index (χ0n) is 33.8. The lowest BCUT2D eigenvalue weighted by molar-refractivity contribution is 0.384. The van der Waals surface area contributed by atoms with Crippen molar-refractivity contribution in [3.05, 3.63) is 163 Å². The summed E-state index contributed by atoms with van der Waals surface area (Å²) in [5.41, 5.74) is 11.5. The topological polar surface area (TPSA) is 107 Å². The Morgan fingerprint density at radius 1 is 0.377 bits per heavy atom. The summed E-state index contributed by atoms with van der Waals surface area (Å²) in [6.07, 6.45) is 3.54. The van der Waals surface area contributed by atoms with E-state index >= 15 is 0 Å². The predicted octanol–water partition coefficient (Wildman–Crippen LogP) is 10.5. The highest BCUT2D eigenvalue weighted by molar-refractivity contribution is 5.81. The van der Waals surface area contributed by atoms with Gasteiger partial charge in [0.25, 0.3) is 0 Å². The standard InChI is InChI=1S/C21H17N5.C15H11N3.C11H19N3.3CH4/c1-25-18-12-5-3-8-14(18)23-20(25)16-10-7-11-17(22-16)21-24-15-9-4-6-13-19(15)26(21)2;1-3-10-16-12(6-1)14-8-5-9-15(18-14)13-7-2-4-11-17-13;1-13(2)8-10-6-5-7-11(12-10)9-14(3)4;;;/h3-13H,1-2H3;1-11H;5-7H,8-9H2,1-4H3;3*1H4. The highest BCUT2D eigenvalue weighted by Crippen LogP contribution is 2.27. The molecule has 9 aromatic rings. The SMILES string of the molecule is C.C.C.CN(C)Cc1cccc(CN(C)C)n1.Cn1c(-c2cccc(-c3nc4ccccc4n3C)n2)nc2ccccc21.c1ccc(-c2cccc(-c3ccccn3)n2)nc1. The smallest absolute Gasteiger partial charge is 0.159 e. The second kappa shape index (κ2) is 21.9. The van der Waals surface area contributed by atoms with E-state index in [4.69, 9.17) is 15.0 Å². The van der Waals surface area contributed by atoms with Crippen LogP contribution in [0.3, 0.4) is 0 Å². The molecule has 2 aromatic carbocycles. The van der Waals surface area contributed by atoms with Gasteiger partial charge in [-0.1, -0.05) is 76.9 Å². The number of rotatable bonds is 8. The fraction of sp³-hybridized carbons (Fsp3) is 0.220. The predicted molar refractivity (Wildman–Crippen MR) is 254 cm³/mol. The Balaban J connectivity index is 0.000000207. The molecule has 61 heavy (non-hydrogen) atoms. The van der Waals surface area contributed by atoms with Gasteiger partial charge in [-0.25, -0.2) is 19.9 Å². The minimum absolute atomic E-state index is 0. The minimum atomic E-state index is 0. The van der Waals surface area contributed by atoms with Gasteiger partial charge in [-0.2, -0.15) is 0 Å². The summed E-state index contributed by atoms with van der Waals surface area (Å²) in [7, 11) is 12.3. The fourth-order valence-corrected chi connectivity index (χ4v) is 6.53. The molecule has 9 rings (SSSR count). The first-order valence-electron chi connectivity index (χ1n) is 19.1. The molecule has 0 aliphatic rings. The van der Waals surface area contributed by atoms with Crippen LogP contribution in [0.5, 0.6) is 0 Å². The lowest BCUT2D eigenvalue weighted by atomic mass is 10.2. The molecule has 0 radical (unpaired) electrons. The molecule has 0 aliphatic carbocycles. The molecular formula is C50H59N11. The molecule has 314 valence electrons. The van der Waals surface area contributed by atoms with Crippen LogP contribution in [0.2, 0.25) is 0 Å². The Morgan fingerprint density at radius 2 is 0.738 bits per heavy atom. The molecule has 0 aliphatic heterocycles. The van der Waals surface area contributed by atoms with Crippen LogP contribution in [0, 0.1) is 0 Å². The summed E-state index contributed by atoms with van der Waals surface area (Å²) in [4.78, 5) is 36.4. The Bertz CT molecular complexity index is 2550. The number of para-hydroxylation sites is 4. The van der Waals surface area contributed by atoms with Crippen molar-refractivity contribution < 1.29 is 0 Å². The number of pyridine rings is 5. The maximum Gasteiger partial charge on any atom is 0.159 e. The van der Waals surface area contributed by atoms with Crippen molar-refractivity contribution in [1.82, 2.24) is 53.8 Å². The third-order valence-electron chi connectivity index (χ3n) is 9.21. The maximum absolute atomic E-state index is 4.86. The van der Waals surface area contributed by atoms with Crippen LogP contribution in [-0.2, 0) is 27.2 Å². The third kappa shape index (κ3) is 11.6. The quantitative estimate of drug-likeness (QED) is 0.148. The van der Waals surface area contributed by atoms with Gasteiger partial charge in [0.2, 0.25) is 0 Å². The molecule has 7 aromatic heterocycles. The van der Waals surface area contributed by atoms with E-state index in [2.05, 4.69) is 97.4 Å². The summed E-state index contributed by atoms with van der Waals surface area (Å²) in [5, 5.41) is 0. The first-order valence-corrected chi connectivity index (χ1v) is 19.1. The summed E-state index contributed by atoms with van der Waals surface area (Å²) >= 11 is 0. The number of hydrogen-bond acceptors (Lipinski definition) is 9. The largest absolute Gasteiger partial charge is 0.326 e. The molecule has 0 spiro atoms. The van der Waals surface area contributed by atoms with Crippen molar-refractivity contribution in [1.29, 1.82) is 0 Å².